The summed E-state index contributed by atoms with van der Waals surface area (Å²) in [4.78, 5) is 67.6. The lowest BCUT2D eigenvalue weighted by Crippen LogP contribution is -2.49. The van der Waals surface area contributed by atoms with Crippen LogP contribution in [0.15, 0.2) is 83.5 Å². The van der Waals surface area contributed by atoms with Gasteiger partial charge in [0.05, 0.1) is 106 Å². The van der Waals surface area contributed by atoms with E-state index in [0.717, 1.165) is 88.2 Å². The van der Waals surface area contributed by atoms with E-state index in [1.807, 2.05) is 62.3 Å². The van der Waals surface area contributed by atoms with Crippen molar-refractivity contribution >= 4 is 109 Å². The Bertz CT molecular complexity index is 4280. The monoisotopic (exact) mass is 1840 g/mol. The van der Waals surface area contributed by atoms with E-state index in [9.17, 15) is 93.5 Å². The molecule has 1 saturated carbocycles. The van der Waals surface area contributed by atoms with Crippen LogP contribution < -0.4 is 3.71 Å². The second kappa shape index (κ2) is 38.7. The summed E-state index contributed by atoms with van der Waals surface area (Å²) in [5.74, 6) is 1.05. The number of halogens is 9. The first-order valence-electron chi connectivity index (χ1n) is 40.1. The minimum absolute atomic E-state index is 0.00389. The fourth-order valence-corrected chi connectivity index (χ4v) is 18.9. The highest BCUT2D eigenvalue weighted by Crippen LogP contribution is 2.50. The number of sulfonamides is 2. The van der Waals surface area contributed by atoms with E-state index >= 15 is 0 Å². The third-order valence-electron chi connectivity index (χ3n) is 23.5. The predicted molar refractivity (Wildman–Crippen MR) is 436 cm³/mol. The zero-order chi connectivity index (χ0) is 92.8. The number of esters is 5. The maximum absolute atomic E-state index is 12.4. The lowest BCUT2D eigenvalue weighted by Gasteiger charge is -2.32. The third-order valence-corrected chi connectivity index (χ3v) is 29.9. The van der Waals surface area contributed by atoms with Crippen molar-refractivity contribution in [3.8, 4) is 0 Å². The number of cyclic esters (lactones) is 5. The van der Waals surface area contributed by atoms with Crippen LogP contribution in [0, 0.1) is 28.2 Å². The fraction of sp³-hybridized carbons (Fsp3) is 0.718. The zero-order valence-corrected chi connectivity index (χ0v) is 77.2. The Balaban J connectivity index is 0.000000220. The number of hydrogen-bond donors (Lipinski definition) is 0. The van der Waals surface area contributed by atoms with E-state index in [-0.39, 0.29) is 118 Å². The van der Waals surface area contributed by atoms with Crippen molar-refractivity contribution in [2.45, 2.75) is 301 Å². The molecule has 1 aromatic carbocycles. The maximum atomic E-state index is 12.4. The highest BCUT2D eigenvalue weighted by atomic mass is 32.3. The molecule has 4 spiro atoms. The molecule has 8 saturated heterocycles. The van der Waals surface area contributed by atoms with Crippen LogP contribution in [0.2, 0.25) is 39.3 Å². The first kappa shape index (κ1) is 104. The number of ketones is 1. The van der Waals surface area contributed by atoms with Crippen molar-refractivity contribution in [2.75, 3.05) is 36.7 Å². The topological polar surface area (TPSA) is 337 Å². The van der Waals surface area contributed by atoms with Gasteiger partial charge in [-0.05, 0) is 236 Å². The molecule has 122 heavy (non-hydrogen) atoms. The molecule has 9 fully saturated rings. The smallest absolute Gasteiger partial charge is 0.534 e. The van der Waals surface area contributed by atoms with Crippen LogP contribution >= 0.6 is 0 Å². The van der Waals surface area contributed by atoms with Crippen molar-refractivity contribution in [1.82, 2.24) is 0 Å². The number of rotatable bonds is 12. The number of nitrogens with zero attached hydrogens (tertiary/aromatic N) is 1. The van der Waals surface area contributed by atoms with Crippen molar-refractivity contribution in [1.29, 1.82) is 0 Å². The van der Waals surface area contributed by atoms with Crippen molar-refractivity contribution in [3.63, 3.8) is 0 Å². The average Bonchev–Trinajstić information content (AvgIpc) is 0.853. The third kappa shape index (κ3) is 25.8. The zero-order valence-electron chi connectivity index (χ0n) is 72.8. The number of ether oxygens (including phenoxy) is 5. The molecule has 3 atom stereocenters. The van der Waals surface area contributed by atoms with Gasteiger partial charge in [-0.1, -0.05) is 37.8 Å². The van der Waals surface area contributed by atoms with Gasteiger partial charge in [-0.15, -0.1) is 3.71 Å². The Labute approximate surface area is 713 Å². The van der Waals surface area contributed by atoms with Gasteiger partial charge in [0.25, 0.3) is 0 Å². The number of carbonyl (C=O) groups excluding carboxylic acids is 6. The van der Waals surface area contributed by atoms with Gasteiger partial charge >= 0.3 is 103 Å². The number of Topliss-reactive ketones (excluding diaryl/α,β-unsaturated/α-hetero) is 1. The van der Waals surface area contributed by atoms with Crippen LogP contribution in [0.3, 0.4) is 0 Å². The summed E-state index contributed by atoms with van der Waals surface area (Å²) in [5.41, 5.74) is -21.0. The molecular formula is C78H116B3F9NO26S3Si2+. The van der Waals surface area contributed by atoms with Gasteiger partial charge in [-0.2, -0.15) is 64.8 Å². The number of allylic oxidation sites excluding steroid dienone is 7. The van der Waals surface area contributed by atoms with Gasteiger partial charge in [-0.25, -0.2) is 4.79 Å². The summed E-state index contributed by atoms with van der Waals surface area (Å²) in [6, 6.07) is 3.85. The number of benzene rings is 1. The van der Waals surface area contributed by atoms with Crippen LogP contribution in [0.5, 0.6) is 0 Å². The van der Waals surface area contributed by atoms with Crippen LogP contribution in [-0.2, 0) is 124 Å². The average molecular weight is 1840 g/mol. The predicted octanol–water partition coefficient (Wildman–Crippen LogP) is 15.9. The van der Waals surface area contributed by atoms with E-state index in [1.54, 1.807) is 0 Å². The van der Waals surface area contributed by atoms with Crippen LogP contribution in [0.25, 0.3) is 0 Å². The number of carbonyl (C=O) groups is 6. The maximum Gasteiger partial charge on any atom is 0.534 e. The molecule has 3 unspecified atom stereocenters. The molecule has 0 radical (unpaired) electrons. The summed E-state index contributed by atoms with van der Waals surface area (Å²) in [6.45, 7) is 50.8. The summed E-state index contributed by atoms with van der Waals surface area (Å²) in [7, 11) is -23.4. The Hall–Kier alpha value is -6.34. The van der Waals surface area contributed by atoms with Crippen LogP contribution in [-0.4, -0.2) is 182 Å². The quantitative estimate of drug-likeness (QED) is 0.0216. The molecule has 44 heteroatoms. The van der Waals surface area contributed by atoms with E-state index in [4.69, 9.17) is 62.3 Å². The SMILES string of the molecule is C=C1CCOC1=O.CC1(C)OB(B2OC(C)(C)C(C)(C)O2)OC1(C)C.CC1(C)OB(C2=CCC3(CCOC3=O)CC2)OC1(C)C.C[Si](C)(C)OC1=CCC2(CCOC2=O)CC1.O=C1CCC2(CCOC2=O)CC1.O=C1OCCC12CC=C(OS(=O)(=O)C(F)(F)F)CC2.O=S(=O)(N(c1ccccc1)S(=O)(=O)C(F)(F)F)C(F)(F)F.[CH+]=C(CC)O[Si](C)(C)C. The van der Waals surface area contributed by atoms with Gasteiger partial charge in [-0.3, -0.25) is 24.0 Å². The molecule has 0 amide bonds. The standard InChI is InChI=1S/C15H23BO4.C12H24B2O4.C12H20O3Si.C10H11F3O5S.C9H12O3.C8H5F6NO4S2.C7H15OSi.C5H6O2/c1-13(2)14(3,4)20-16(19-13)11-5-7-15(8-6-11)9-10-18-12(15)17;1-9(2)10(3,4)16-13(15-9)14-17-11(5,6)12(7,8)18-14;1-16(2,3)15-10-4-6-12(7-5-10)8-9-14-11(12)13;11-10(12,13)19(15,16)18-7-1-3-9(4-2-7)5-6-17-8(9)14;10-7-1-3-9(4-2-7)5-6-12-8(9)11;9-7(10,11)20(16,17)15(6-4-2-1-3-5-6)21(18,19)8(12,13)14;1-6-7(2)8-9(3,4)5;1-4-2-3-7-5(4)6/h5H,6-10H2,1-4H3;1-8H3;4H,5-9H2,1-3H3;1H,2-6H2;1-6H2;1-5H;2H,6H2,1,3-5H3;1-3H2/q;;;;;;+1;. The second-order valence-electron chi connectivity index (χ2n) is 36.4. The number of anilines is 1. The van der Waals surface area contributed by atoms with Crippen molar-refractivity contribution < 1.29 is 158 Å². The molecule has 27 nitrogen and oxygen atoms in total. The Morgan fingerprint density at radius 1 is 0.459 bits per heavy atom. The molecule has 12 aliphatic rings. The normalized spacial score (nSPS) is 25.9. The van der Waals surface area contributed by atoms with Crippen molar-refractivity contribution in [3.05, 3.63) is 90.0 Å². The summed E-state index contributed by atoms with van der Waals surface area (Å²) >= 11 is 0. The minimum Gasteiger partial charge on any atom is -0.548 e. The minimum atomic E-state index is -6.81. The van der Waals surface area contributed by atoms with Gasteiger partial charge in [0.15, 0.2) is 0 Å². The van der Waals surface area contributed by atoms with E-state index in [1.165, 1.54) is 11.5 Å². The number of para-hydroxylation sites is 1. The largest absolute Gasteiger partial charge is 0.548 e. The molecular weight excluding hydrogens is 1720 g/mol. The molecule has 8 heterocycles. The highest BCUT2D eigenvalue weighted by Gasteiger charge is 2.65. The van der Waals surface area contributed by atoms with Gasteiger partial charge in [0.2, 0.25) is 23.2 Å². The first-order chi connectivity index (χ1) is 55.4. The Kier molecular flexibility index (Phi) is 33.1. The fourth-order valence-electron chi connectivity index (χ4n) is 13.8. The molecule has 686 valence electrons. The lowest BCUT2D eigenvalue weighted by atomic mass is 9.49. The molecule has 8 aliphatic heterocycles. The highest BCUT2D eigenvalue weighted by molar-refractivity contribution is 8.11. The summed E-state index contributed by atoms with van der Waals surface area (Å²) < 4.78 is 252. The van der Waals surface area contributed by atoms with Gasteiger partial charge in [0, 0.05) is 37.7 Å². The Morgan fingerprint density at radius 3 is 1.08 bits per heavy atom. The van der Waals surface area contributed by atoms with Gasteiger partial charge in [0.1, 0.15) is 11.5 Å². The first-order valence-corrected chi connectivity index (χ1v) is 51.2. The van der Waals surface area contributed by atoms with Crippen LogP contribution in [0.1, 0.15) is 212 Å². The number of alkyl halides is 9. The molecule has 0 N–H and O–H groups in total. The van der Waals surface area contributed by atoms with E-state index in [2.05, 4.69) is 94.6 Å². The second-order valence-corrected chi connectivity index (χ2v) is 50.6. The summed E-state index contributed by atoms with van der Waals surface area (Å²) in [5, 5.41) is 0. The van der Waals surface area contributed by atoms with E-state index in [0.29, 0.717) is 94.2 Å². The number of hydrogen-bond acceptors (Lipinski definition) is 26. The molecule has 0 aromatic heterocycles. The molecule has 0 bridgehead atoms. The Morgan fingerprint density at radius 2 is 0.811 bits per heavy atom. The molecule has 4 aliphatic carbocycles. The lowest BCUT2D eigenvalue weighted by molar-refractivity contribution is -0.149. The molecule has 13 rings (SSSR count). The molecule has 1 aromatic rings. The van der Waals surface area contributed by atoms with Crippen molar-refractivity contribution in [2.24, 2.45) is 21.7 Å². The van der Waals surface area contributed by atoms with E-state index < -0.39 is 92.2 Å². The van der Waals surface area contributed by atoms with Crippen LogP contribution in [0.4, 0.5) is 45.2 Å². The van der Waals surface area contributed by atoms with Gasteiger partial charge < -0.3 is 64.6 Å². The summed E-state index contributed by atoms with van der Waals surface area (Å²) in [6.07, 6.45) is 17.9.